The van der Waals surface area contributed by atoms with Crippen molar-refractivity contribution in [2.45, 2.75) is 25.5 Å². The van der Waals surface area contributed by atoms with Gasteiger partial charge in [-0.15, -0.1) is 0 Å². The lowest BCUT2D eigenvalue weighted by Gasteiger charge is -2.08. The molecule has 0 amide bonds. The van der Waals surface area contributed by atoms with Crippen molar-refractivity contribution in [2.75, 3.05) is 0 Å². The molecule has 0 fully saturated rings. The molecule has 2 nitrogen and oxygen atoms in total. The van der Waals surface area contributed by atoms with Gasteiger partial charge < -0.3 is 4.57 Å². The van der Waals surface area contributed by atoms with Gasteiger partial charge in [0, 0.05) is 6.54 Å². The second kappa shape index (κ2) is 3.14. The zero-order valence-electron chi connectivity index (χ0n) is 8.82. The summed E-state index contributed by atoms with van der Waals surface area (Å²) < 4.78 is 2.27. The number of imidazole rings is 1. The number of thioether (sulfide) groups is 1. The Morgan fingerprint density at radius 3 is 2.93 bits per heavy atom. The van der Waals surface area contributed by atoms with Crippen LogP contribution in [0.25, 0.3) is 11.0 Å². The van der Waals surface area contributed by atoms with E-state index >= 15 is 0 Å². The highest BCUT2D eigenvalue weighted by Gasteiger charge is 2.12. The van der Waals surface area contributed by atoms with Crippen molar-refractivity contribution < 1.29 is 0 Å². The maximum absolute atomic E-state index is 4.63. The van der Waals surface area contributed by atoms with Gasteiger partial charge in [-0.1, -0.05) is 17.8 Å². The second-order valence-corrected chi connectivity index (χ2v) is 4.79. The first-order valence-corrected chi connectivity index (χ1v) is 5.93. The van der Waals surface area contributed by atoms with Crippen LogP contribution in [0.2, 0.25) is 0 Å². The Labute approximate surface area is 93.0 Å². The summed E-state index contributed by atoms with van der Waals surface area (Å²) in [7, 11) is 0. The molecule has 3 rings (SSSR count). The lowest BCUT2D eigenvalue weighted by Crippen LogP contribution is -1.99. The van der Waals surface area contributed by atoms with Crippen LogP contribution < -0.4 is 0 Å². The molecule has 0 saturated heterocycles. The molecule has 0 N–H and O–H groups in total. The Morgan fingerprint density at radius 1 is 1.27 bits per heavy atom. The van der Waals surface area contributed by atoms with Crippen LogP contribution in [-0.4, -0.2) is 9.55 Å². The second-order valence-electron chi connectivity index (χ2n) is 3.92. The summed E-state index contributed by atoms with van der Waals surface area (Å²) in [5.41, 5.74) is 5.02. The summed E-state index contributed by atoms with van der Waals surface area (Å²) in [6.07, 6.45) is 2.17. The average molecular weight is 216 g/mol. The van der Waals surface area contributed by atoms with Crippen LogP contribution in [0.5, 0.6) is 0 Å². The van der Waals surface area contributed by atoms with Crippen molar-refractivity contribution in [1.29, 1.82) is 0 Å². The number of hydrogen-bond donors (Lipinski definition) is 0. The number of aromatic nitrogens is 2. The molecular weight excluding hydrogens is 204 g/mol. The lowest BCUT2D eigenvalue weighted by atomic mass is 10.1. The van der Waals surface area contributed by atoms with Crippen LogP contribution in [0.1, 0.15) is 11.1 Å². The van der Waals surface area contributed by atoms with Gasteiger partial charge in [-0.05, 0) is 42.5 Å². The molecule has 76 valence electrons. The zero-order chi connectivity index (χ0) is 10.4. The minimum absolute atomic E-state index is 0.946. The molecule has 2 aromatic rings. The smallest absolute Gasteiger partial charge is 0.173 e. The molecule has 2 heterocycles. The van der Waals surface area contributed by atoms with Crippen LogP contribution in [0.4, 0.5) is 0 Å². The van der Waals surface area contributed by atoms with Gasteiger partial charge in [0.25, 0.3) is 0 Å². The van der Waals surface area contributed by atoms with E-state index in [9.17, 15) is 0 Å². The highest BCUT2D eigenvalue weighted by atomic mass is 32.2. The Kier molecular flexibility index (Phi) is 1.89. The lowest BCUT2D eigenvalue weighted by molar-refractivity contribution is 0.743. The molecule has 15 heavy (non-hydrogen) atoms. The van der Waals surface area contributed by atoms with Crippen LogP contribution in [0.3, 0.4) is 0 Å². The molecule has 1 aromatic heterocycles. The average Bonchev–Trinajstić information content (AvgIpc) is 2.57. The van der Waals surface area contributed by atoms with E-state index in [1.165, 1.54) is 16.6 Å². The van der Waals surface area contributed by atoms with Crippen molar-refractivity contribution in [3.05, 3.63) is 34.7 Å². The van der Waals surface area contributed by atoms with Crippen LogP contribution in [0.15, 0.2) is 28.8 Å². The van der Waals surface area contributed by atoms with Crippen molar-refractivity contribution in [1.82, 2.24) is 9.55 Å². The van der Waals surface area contributed by atoms with Crippen molar-refractivity contribution in [2.24, 2.45) is 0 Å². The number of benzene rings is 1. The predicted octanol–water partition coefficient (Wildman–Crippen LogP) is 3.27. The summed E-state index contributed by atoms with van der Waals surface area (Å²) in [6.45, 7) is 5.24. The summed E-state index contributed by atoms with van der Waals surface area (Å²) in [5, 5.41) is 3.22. The fourth-order valence-electron chi connectivity index (χ4n) is 1.88. The molecule has 1 aromatic carbocycles. The first-order valence-electron chi connectivity index (χ1n) is 5.05. The third kappa shape index (κ3) is 1.30. The molecular formula is C12H12N2S. The quantitative estimate of drug-likeness (QED) is 0.672. The number of rotatable bonds is 0. The van der Waals surface area contributed by atoms with Gasteiger partial charge in [0.1, 0.15) is 0 Å². The third-order valence-electron chi connectivity index (χ3n) is 2.89. The van der Waals surface area contributed by atoms with E-state index in [1.807, 2.05) is 0 Å². The van der Waals surface area contributed by atoms with E-state index < -0.39 is 0 Å². The van der Waals surface area contributed by atoms with Crippen molar-refractivity contribution >= 4 is 22.8 Å². The maximum Gasteiger partial charge on any atom is 0.173 e. The molecule has 1 aliphatic heterocycles. The fraction of sp³-hybridized carbons (Fsp3) is 0.250. The SMILES string of the molecule is Cc1cc2nc3n(c2cc1C)CC=CS3. The minimum atomic E-state index is 0.946. The van der Waals surface area contributed by atoms with Crippen LogP contribution in [0, 0.1) is 13.8 Å². The first kappa shape index (κ1) is 9.04. The number of allylic oxidation sites excluding steroid dienone is 1. The van der Waals surface area contributed by atoms with Gasteiger partial charge in [-0.3, -0.25) is 0 Å². The zero-order valence-corrected chi connectivity index (χ0v) is 9.64. The summed E-state index contributed by atoms with van der Waals surface area (Å²) in [4.78, 5) is 4.63. The molecule has 0 radical (unpaired) electrons. The maximum atomic E-state index is 4.63. The van der Waals surface area contributed by atoms with Gasteiger partial charge in [0.05, 0.1) is 11.0 Å². The Bertz CT molecular complexity index is 566. The predicted molar refractivity (Wildman–Crippen MR) is 64.2 cm³/mol. The molecule has 0 aliphatic carbocycles. The Balaban J connectivity index is 2.34. The van der Waals surface area contributed by atoms with Gasteiger partial charge in [0.2, 0.25) is 0 Å². The molecule has 0 bridgehead atoms. The van der Waals surface area contributed by atoms with E-state index in [1.54, 1.807) is 11.8 Å². The Morgan fingerprint density at radius 2 is 2.07 bits per heavy atom. The van der Waals surface area contributed by atoms with Gasteiger partial charge in [-0.2, -0.15) is 0 Å². The monoisotopic (exact) mass is 216 g/mol. The van der Waals surface area contributed by atoms with Crippen molar-refractivity contribution in [3.63, 3.8) is 0 Å². The van der Waals surface area contributed by atoms with Crippen LogP contribution >= 0.6 is 11.8 Å². The number of hydrogen-bond acceptors (Lipinski definition) is 2. The molecule has 3 heteroatoms. The third-order valence-corrected chi connectivity index (χ3v) is 3.74. The largest absolute Gasteiger partial charge is 0.315 e. The summed E-state index contributed by atoms with van der Waals surface area (Å²) >= 11 is 1.70. The summed E-state index contributed by atoms with van der Waals surface area (Å²) in [5.74, 6) is 0. The highest BCUT2D eigenvalue weighted by molar-refractivity contribution is 8.02. The molecule has 0 atom stereocenters. The topological polar surface area (TPSA) is 17.8 Å². The normalized spacial score (nSPS) is 14.5. The fourth-order valence-corrected chi connectivity index (χ4v) is 2.64. The Hall–Kier alpha value is -1.22. The number of fused-ring (bicyclic) bond motifs is 3. The van der Waals surface area contributed by atoms with E-state index in [4.69, 9.17) is 0 Å². The molecule has 0 saturated carbocycles. The first-order chi connectivity index (χ1) is 7.25. The van der Waals surface area contributed by atoms with Gasteiger partial charge in [0.15, 0.2) is 5.16 Å². The van der Waals surface area contributed by atoms with E-state index in [0.717, 1.165) is 17.2 Å². The van der Waals surface area contributed by atoms with E-state index in [0.29, 0.717) is 0 Å². The van der Waals surface area contributed by atoms with Gasteiger partial charge >= 0.3 is 0 Å². The highest BCUT2D eigenvalue weighted by Crippen LogP contribution is 2.29. The molecule has 0 spiro atoms. The van der Waals surface area contributed by atoms with E-state index in [-0.39, 0.29) is 0 Å². The van der Waals surface area contributed by atoms with Crippen LogP contribution in [-0.2, 0) is 6.54 Å². The number of aryl methyl sites for hydroxylation is 2. The molecule has 1 aliphatic rings. The minimum Gasteiger partial charge on any atom is -0.315 e. The van der Waals surface area contributed by atoms with Gasteiger partial charge in [-0.25, -0.2) is 4.98 Å². The standard InChI is InChI=1S/C12H12N2S/c1-8-6-10-11(7-9(8)2)14-4-3-5-15-12(14)13-10/h3,5-7H,4H2,1-2H3. The van der Waals surface area contributed by atoms with Crippen molar-refractivity contribution in [3.8, 4) is 0 Å². The number of nitrogens with zero attached hydrogens (tertiary/aromatic N) is 2. The molecule has 0 unspecified atom stereocenters. The summed E-state index contributed by atoms with van der Waals surface area (Å²) in [6, 6.07) is 4.41. The van der Waals surface area contributed by atoms with E-state index in [2.05, 4.69) is 47.0 Å².